The van der Waals surface area contributed by atoms with Crippen molar-refractivity contribution in [3.63, 3.8) is 0 Å². The summed E-state index contributed by atoms with van der Waals surface area (Å²) in [5.74, 6) is 0. The number of hydrogen-bond acceptors (Lipinski definition) is 5. The summed E-state index contributed by atoms with van der Waals surface area (Å²) >= 11 is 6.26. The Bertz CT molecular complexity index is 1040. The second-order valence-corrected chi connectivity index (χ2v) is 10.7. The van der Waals surface area contributed by atoms with E-state index in [9.17, 15) is 16.8 Å². The predicted molar refractivity (Wildman–Crippen MR) is 107 cm³/mol. The van der Waals surface area contributed by atoms with Gasteiger partial charge in [0.1, 0.15) is 0 Å². The minimum absolute atomic E-state index is 0.0382. The zero-order chi connectivity index (χ0) is 20.4. The Morgan fingerprint density at radius 3 is 2.26 bits per heavy atom. The summed E-state index contributed by atoms with van der Waals surface area (Å²) in [6, 6.07) is 11.0. The van der Waals surface area contributed by atoms with Gasteiger partial charge in [0.15, 0.2) is 9.84 Å². The molecule has 0 bridgehead atoms. The molecule has 0 saturated heterocycles. The van der Waals surface area contributed by atoms with Gasteiger partial charge in [0.05, 0.1) is 9.79 Å². The fourth-order valence-electron chi connectivity index (χ4n) is 2.68. The van der Waals surface area contributed by atoms with E-state index in [1.54, 1.807) is 13.0 Å². The molecule has 0 aromatic heterocycles. The SMILES string of the molecule is Cc1ccc(S(C)(=O)=O)cc1S(=O)(=O)NCC(c1ccccc1Cl)N(C)C. The number of rotatable bonds is 7. The third kappa shape index (κ3) is 5.30. The van der Waals surface area contributed by atoms with Crippen LogP contribution in [0.25, 0.3) is 0 Å². The maximum Gasteiger partial charge on any atom is 0.240 e. The minimum Gasteiger partial charge on any atom is -0.301 e. The minimum atomic E-state index is -3.91. The van der Waals surface area contributed by atoms with E-state index in [1.807, 2.05) is 37.2 Å². The van der Waals surface area contributed by atoms with Gasteiger partial charge in [0, 0.05) is 23.9 Å². The zero-order valence-corrected chi connectivity index (χ0v) is 18.0. The number of halogens is 1. The van der Waals surface area contributed by atoms with Crippen LogP contribution in [0, 0.1) is 6.92 Å². The average Bonchev–Trinajstić information content (AvgIpc) is 2.55. The molecule has 0 amide bonds. The van der Waals surface area contributed by atoms with Crippen LogP contribution in [-0.2, 0) is 19.9 Å². The molecular formula is C18H23ClN2O4S2. The van der Waals surface area contributed by atoms with Gasteiger partial charge in [-0.15, -0.1) is 0 Å². The Balaban J connectivity index is 2.35. The van der Waals surface area contributed by atoms with Crippen molar-refractivity contribution in [2.45, 2.75) is 22.8 Å². The van der Waals surface area contributed by atoms with Crippen molar-refractivity contribution >= 4 is 31.5 Å². The van der Waals surface area contributed by atoms with Gasteiger partial charge in [-0.3, -0.25) is 0 Å². The summed E-state index contributed by atoms with van der Waals surface area (Å²) in [4.78, 5) is 1.77. The highest BCUT2D eigenvalue weighted by Crippen LogP contribution is 2.26. The highest BCUT2D eigenvalue weighted by molar-refractivity contribution is 7.91. The molecule has 0 aliphatic rings. The molecule has 0 radical (unpaired) electrons. The molecule has 27 heavy (non-hydrogen) atoms. The molecule has 0 heterocycles. The van der Waals surface area contributed by atoms with Crippen LogP contribution in [0.3, 0.4) is 0 Å². The third-order valence-corrected chi connectivity index (χ3v) is 7.25. The van der Waals surface area contributed by atoms with Gasteiger partial charge in [-0.05, 0) is 50.3 Å². The molecule has 9 heteroatoms. The first-order valence-corrected chi connectivity index (χ1v) is 11.9. The molecule has 1 atom stereocenters. The van der Waals surface area contributed by atoms with Crippen LogP contribution in [0.4, 0.5) is 0 Å². The number of aryl methyl sites for hydroxylation is 1. The number of benzene rings is 2. The van der Waals surface area contributed by atoms with Crippen LogP contribution in [0.1, 0.15) is 17.2 Å². The van der Waals surface area contributed by atoms with Crippen molar-refractivity contribution in [3.8, 4) is 0 Å². The lowest BCUT2D eigenvalue weighted by Crippen LogP contribution is -2.35. The van der Waals surface area contributed by atoms with Crippen LogP contribution >= 0.6 is 11.6 Å². The van der Waals surface area contributed by atoms with E-state index in [0.717, 1.165) is 11.8 Å². The lowest BCUT2D eigenvalue weighted by Gasteiger charge is -2.26. The second kappa shape index (κ2) is 8.28. The van der Waals surface area contributed by atoms with E-state index < -0.39 is 19.9 Å². The predicted octanol–water partition coefficient (Wildman–Crippen LogP) is 2.63. The highest BCUT2D eigenvalue weighted by atomic mass is 35.5. The normalized spacial score (nSPS) is 13.7. The Hall–Kier alpha value is -1.45. The van der Waals surface area contributed by atoms with Crippen LogP contribution < -0.4 is 4.72 Å². The monoisotopic (exact) mass is 430 g/mol. The molecule has 2 aromatic carbocycles. The molecule has 2 rings (SSSR count). The van der Waals surface area contributed by atoms with Gasteiger partial charge in [-0.1, -0.05) is 35.9 Å². The number of sulfonamides is 1. The quantitative estimate of drug-likeness (QED) is 0.730. The second-order valence-electron chi connectivity index (χ2n) is 6.55. The van der Waals surface area contributed by atoms with Crippen molar-refractivity contribution in [3.05, 3.63) is 58.6 Å². The summed E-state index contributed by atoms with van der Waals surface area (Å²) in [6.07, 6.45) is 1.04. The molecular weight excluding hydrogens is 408 g/mol. The summed E-state index contributed by atoms with van der Waals surface area (Å²) in [6.45, 7) is 1.71. The Morgan fingerprint density at radius 1 is 1.07 bits per heavy atom. The van der Waals surface area contributed by atoms with Crippen molar-refractivity contribution in [2.24, 2.45) is 0 Å². The maximum absolute atomic E-state index is 12.8. The topological polar surface area (TPSA) is 83.5 Å². The van der Waals surface area contributed by atoms with Crippen molar-refractivity contribution < 1.29 is 16.8 Å². The zero-order valence-electron chi connectivity index (χ0n) is 15.6. The molecule has 0 fully saturated rings. The first-order valence-electron chi connectivity index (χ1n) is 8.14. The first-order chi connectivity index (χ1) is 12.4. The Labute approximate surface area is 166 Å². The standard InChI is InChI=1S/C18H23ClN2O4S2/c1-13-9-10-14(26(4,22)23)11-18(13)27(24,25)20-12-17(21(2)3)15-7-5-6-8-16(15)19/h5-11,17,20H,12H2,1-4H3. The lowest BCUT2D eigenvalue weighted by atomic mass is 10.1. The van der Waals surface area contributed by atoms with E-state index >= 15 is 0 Å². The molecule has 148 valence electrons. The van der Waals surface area contributed by atoms with Gasteiger partial charge in [0.25, 0.3) is 0 Å². The molecule has 2 aromatic rings. The van der Waals surface area contributed by atoms with E-state index in [1.165, 1.54) is 18.2 Å². The summed E-state index contributed by atoms with van der Waals surface area (Å²) in [5, 5.41) is 0.547. The molecule has 0 aliphatic heterocycles. The molecule has 0 saturated carbocycles. The van der Waals surface area contributed by atoms with E-state index in [4.69, 9.17) is 11.6 Å². The lowest BCUT2D eigenvalue weighted by molar-refractivity contribution is 0.299. The number of nitrogens with zero attached hydrogens (tertiary/aromatic N) is 1. The highest BCUT2D eigenvalue weighted by Gasteiger charge is 2.23. The van der Waals surface area contributed by atoms with Gasteiger partial charge < -0.3 is 4.90 Å². The first kappa shape index (κ1) is 21.8. The fourth-order valence-corrected chi connectivity index (χ4v) is 4.97. The number of hydrogen-bond donors (Lipinski definition) is 1. The van der Waals surface area contributed by atoms with Crippen molar-refractivity contribution in [1.82, 2.24) is 9.62 Å². The molecule has 0 spiro atoms. The molecule has 6 nitrogen and oxygen atoms in total. The molecule has 0 aliphatic carbocycles. The van der Waals surface area contributed by atoms with Crippen LogP contribution in [0.15, 0.2) is 52.3 Å². The van der Waals surface area contributed by atoms with E-state index in [-0.39, 0.29) is 22.4 Å². The van der Waals surface area contributed by atoms with Gasteiger partial charge in [0.2, 0.25) is 10.0 Å². The summed E-state index contributed by atoms with van der Waals surface area (Å²) < 4.78 is 51.7. The molecule has 1 unspecified atom stereocenters. The van der Waals surface area contributed by atoms with E-state index in [2.05, 4.69) is 4.72 Å². The Morgan fingerprint density at radius 2 is 1.70 bits per heavy atom. The van der Waals surface area contributed by atoms with Crippen LogP contribution in [0.5, 0.6) is 0 Å². The number of likely N-dealkylation sites (N-methyl/N-ethyl adjacent to an activating group) is 1. The Kier molecular flexibility index (Phi) is 6.70. The fraction of sp³-hybridized carbons (Fsp3) is 0.333. The third-order valence-electron chi connectivity index (χ3n) is 4.23. The van der Waals surface area contributed by atoms with Gasteiger partial charge >= 0.3 is 0 Å². The van der Waals surface area contributed by atoms with Gasteiger partial charge in [-0.25, -0.2) is 21.6 Å². The van der Waals surface area contributed by atoms with Gasteiger partial charge in [-0.2, -0.15) is 0 Å². The smallest absolute Gasteiger partial charge is 0.240 e. The summed E-state index contributed by atoms with van der Waals surface area (Å²) in [7, 11) is -3.76. The average molecular weight is 431 g/mol. The van der Waals surface area contributed by atoms with E-state index in [0.29, 0.717) is 10.6 Å². The molecule has 1 N–H and O–H groups in total. The summed E-state index contributed by atoms with van der Waals surface area (Å²) in [5.41, 5.74) is 1.27. The van der Waals surface area contributed by atoms with Crippen LogP contribution in [-0.4, -0.2) is 48.6 Å². The maximum atomic E-state index is 12.8. The van der Waals surface area contributed by atoms with Crippen molar-refractivity contribution in [2.75, 3.05) is 26.9 Å². The van der Waals surface area contributed by atoms with Crippen LogP contribution in [0.2, 0.25) is 5.02 Å². The number of sulfone groups is 1. The number of nitrogens with one attached hydrogen (secondary N) is 1. The van der Waals surface area contributed by atoms with Crippen molar-refractivity contribution in [1.29, 1.82) is 0 Å². The largest absolute Gasteiger partial charge is 0.301 e.